The zero-order chi connectivity index (χ0) is 8.36. The molecule has 0 aliphatic carbocycles. The van der Waals surface area contributed by atoms with Gasteiger partial charge in [-0.3, -0.25) is 0 Å². The maximum atomic E-state index is 8.49. The Bertz CT molecular complexity index is 61.1. The summed E-state index contributed by atoms with van der Waals surface area (Å²) in [5.41, 5.74) is 0. The van der Waals surface area contributed by atoms with Crippen LogP contribution in [0.25, 0.3) is 0 Å². The van der Waals surface area contributed by atoms with Gasteiger partial charge in [0, 0.05) is 0 Å². The molecule has 0 unspecified atom stereocenters. The second-order valence-electron chi connectivity index (χ2n) is 2.69. The fourth-order valence-corrected chi connectivity index (χ4v) is 1.35. The van der Waals surface area contributed by atoms with Crippen LogP contribution in [0.2, 0.25) is 0 Å². The standard InChI is InChI=1S/C8H17O2.Zr/c9-7-5-3-1-2-4-6-8-10;/h9H,1-8H2;/q-1;+1. The average Bonchev–Trinajstić information content (AvgIpc) is 2.03. The molecule has 0 aliphatic heterocycles. The fraction of sp³-hybridized carbons (Fsp3) is 1.00. The van der Waals surface area contributed by atoms with Gasteiger partial charge in [-0.05, 0) is 0 Å². The van der Waals surface area contributed by atoms with Gasteiger partial charge in [0.25, 0.3) is 0 Å². The van der Waals surface area contributed by atoms with Crippen LogP contribution in [0.5, 0.6) is 0 Å². The molecule has 0 bridgehead atoms. The Morgan fingerprint density at radius 3 is 2.00 bits per heavy atom. The van der Waals surface area contributed by atoms with Crippen LogP contribution >= 0.6 is 0 Å². The molecule has 0 rings (SSSR count). The van der Waals surface area contributed by atoms with Crippen LogP contribution in [-0.4, -0.2) is 18.3 Å². The second-order valence-corrected chi connectivity index (χ2v) is 3.40. The molecule has 3 heteroatoms. The van der Waals surface area contributed by atoms with E-state index in [0.717, 1.165) is 13.0 Å². The summed E-state index contributed by atoms with van der Waals surface area (Å²) in [6.07, 6.45) is 7.17. The van der Waals surface area contributed by atoms with Gasteiger partial charge < -0.3 is 0 Å². The molecule has 0 amide bonds. The van der Waals surface area contributed by atoms with E-state index in [2.05, 4.69) is 0 Å². The first-order valence-electron chi connectivity index (χ1n) is 4.31. The van der Waals surface area contributed by atoms with Crippen LogP contribution in [0, 0.1) is 0 Å². The van der Waals surface area contributed by atoms with Gasteiger partial charge in [-0.1, -0.05) is 0 Å². The monoisotopic (exact) mass is 235 g/mol. The Labute approximate surface area is 84.8 Å². The third-order valence-electron chi connectivity index (χ3n) is 1.65. The van der Waals surface area contributed by atoms with Crippen LogP contribution in [0.3, 0.4) is 0 Å². The first kappa shape index (κ1) is 11.8. The van der Waals surface area contributed by atoms with Crippen molar-refractivity contribution in [2.75, 3.05) is 13.2 Å². The molecule has 0 atom stereocenters. The van der Waals surface area contributed by atoms with Gasteiger partial charge in [-0.15, -0.1) is 0 Å². The van der Waals surface area contributed by atoms with Crippen molar-refractivity contribution in [1.29, 1.82) is 0 Å². The topological polar surface area (TPSA) is 29.5 Å². The van der Waals surface area contributed by atoms with Crippen molar-refractivity contribution >= 4 is 0 Å². The summed E-state index contributed by atoms with van der Waals surface area (Å²) >= 11 is 1.18. The van der Waals surface area contributed by atoms with E-state index < -0.39 is 0 Å². The molecule has 0 spiro atoms. The molecule has 0 heterocycles. The quantitative estimate of drug-likeness (QED) is 0.651. The molecule has 0 saturated carbocycles. The molecule has 0 aromatic heterocycles. The van der Waals surface area contributed by atoms with Gasteiger partial charge in [0.2, 0.25) is 0 Å². The SMILES string of the molecule is OCCCCCCCC[O][Zr]. The van der Waals surface area contributed by atoms with E-state index in [0.29, 0.717) is 6.61 Å². The summed E-state index contributed by atoms with van der Waals surface area (Å²) in [6.45, 7) is 1.28. The molecule has 2 nitrogen and oxygen atoms in total. The molecule has 0 fully saturated rings. The Morgan fingerprint density at radius 2 is 1.45 bits per heavy atom. The van der Waals surface area contributed by atoms with Gasteiger partial charge in [0.1, 0.15) is 0 Å². The van der Waals surface area contributed by atoms with Crippen molar-refractivity contribution in [1.82, 2.24) is 0 Å². The Kier molecular flexibility index (Phi) is 11.6. The van der Waals surface area contributed by atoms with E-state index in [9.17, 15) is 0 Å². The van der Waals surface area contributed by atoms with Gasteiger partial charge >= 0.3 is 84.8 Å². The molecule has 65 valence electrons. The summed E-state index contributed by atoms with van der Waals surface area (Å²) in [4.78, 5) is 0. The Hall–Kier alpha value is 0.803. The van der Waals surface area contributed by atoms with E-state index >= 15 is 0 Å². The van der Waals surface area contributed by atoms with Crippen LogP contribution in [0.15, 0.2) is 0 Å². The molecule has 11 heavy (non-hydrogen) atoms. The third kappa shape index (κ3) is 10.8. The molecule has 0 aromatic carbocycles. The number of rotatable bonds is 8. The van der Waals surface area contributed by atoms with Gasteiger partial charge in [0.05, 0.1) is 0 Å². The number of hydrogen-bond donors (Lipinski definition) is 1. The van der Waals surface area contributed by atoms with Crippen LogP contribution in [0.1, 0.15) is 38.5 Å². The van der Waals surface area contributed by atoms with Crippen LogP contribution in [-0.2, 0) is 28.0 Å². The van der Waals surface area contributed by atoms with E-state index in [1.807, 2.05) is 0 Å². The molecule has 1 N–H and O–H groups in total. The summed E-state index contributed by atoms with van der Waals surface area (Å²) in [5.74, 6) is 0. The molecule has 0 aromatic rings. The molecule has 0 radical (unpaired) electrons. The number of aliphatic hydroxyl groups is 1. The average molecular weight is 236 g/mol. The van der Waals surface area contributed by atoms with E-state index in [-0.39, 0.29) is 0 Å². The molecule has 0 aliphatic rings. The normalized spacial score (nSPS) is 10.2. The van der Waals surface area contributed by atoms with Gasteiger partial charge in [-0.2, -0.15) is 0 Å². The predicted molar refractivity (Wildman–Crippen MR) is 40.7 cm³/mol. The van der Waals surface area contributed by atoms with E-state index in [1.165, 1.54) is 57.3 Å². The first-order valence-corrected chi connectivity index (χ1v) is 5.31. The zero-order valence-corrected chi connectivity index (χ0v) is 9.47. The minimum absolute atomic E-state index is 0.349. The zero-order valence-electron chi connectivity index (χ0n) is 7.01. The van der Waals surface area contributed by atoms with Gasteiger partial charge in [-0.25, -0.2) is 0 Å². The Balaban J connectivity index is 2.69. The van der Waals surface area contributed by atoms with Crippen LogP contribution in [0.4, 0.5) is 0 Å². The number of hydrogen-bond acceptors (Lipinski definition) is 2. The van der Waals surface area contributed by atoms with Crippen molar-refractivity contribution < 1.29 is 33.1 Å². The number of aliphatic hydroxyl groups excluding tert-OH is 1. The van der Waals surface area contributed by atoms with Crippen molar-refractivity contribution in [3.63, 3.8) is 0 Å². The molecular weight excluding hydrogens is 219 g/mol. The number of unbranched alkanes of at least 4 members (excludes halogenated alkanes) is 5. The van der Waals surface area contributed by atoms with Crippen LogP contribution < -0.4 is 0 Å². The fourth-order valence-electron chi connectivity index (χ4n) is 0.993. The first-order chi connectivity index (χ1) is 5.41. The summed E-state index contributed by atoms with van der Waals surface area (Å²) < 4.78 is 5.02. The van der Waals surface area contributed by atoms with Crippen molar-refractivity contribution in [3.8, 4) is 0 Å². The summed E-state index contributed by atoms with van der Waals surface area (Å²) in [7, 11) is 0. The minimum atomic E-state index is 0.349. The second kappa shape index (κ2) is 10.8. The molecule has 0 saturated heterocycles. The van der Waals surface area contributed by atoms with Crippen molar-refractivity contribution in [3.05, 3.63) is 0 Å². The predicted octanol–water partition coefficient (Wildman–Crippen LogP) is 1.80. The van der Waals surface area contributed by atoms with E-state index in [4.69, 9.17) is 7.92 Å². The molecular formula is C8H17O2Zr. The van der Waals surface area contributed by atoms with E-state index in [1.54, 1.807) is 0 Å². The summed E-state index contributed by atoms with van der Waals surface area (Å²) in [5, 5.41) is 8.49. The third-order valence-corrected chi connectivity index (χ3v) is 2.16. The van der Waals surface area contributed by atoms with Crippen molar-refractivity contribution in [2.24, 2.45) is 0 Å². The summed E-state index contributed by atoms with van der Waals surface area (Å²) in [6, 6.07) is 0. The Morgan fingerprint density at radius 1 is 0.909 bits per heavy atom. The maximum absolute atomic E-state index is 8.49. The van der Waals surface area contributed by atoms with Gasteiger partial charge in [0.15, 0.2) is 0 Å². The van der Waals surface area contributed by atoms with Crippen molar-refractivity contribution in [2.45, 2.75) is 38.5 Å².